The number of hydrogen-bond donors (Lipinski definition) is 1. The van der Waals surface area contributed by atoms with Crippen LogP contribution in [0.25, 0.3) is 0 Å². The van der Waals surface area contributed by atoms with Crippen LogP contribution in [-0.4, -0.2) is 25.1 Å². The summed E-state index contributed by atoms with van der Waals surface area (Å²) in [4.78, 5) is 6.78. The zero-order valence-electron chi connectivity index (χ0n) is 11.7. The summed E-state index contributed by atoms with van der Waals surface area (Å²) >= 11 is 0. The van der Waals surface area contributed by atoms with E-state index in [-0.39, 0.29) is 5.41 Å². The number of hydrogen-bond acceptors (Lipinski definition) is 3. The molecule has 0 amide bonds. The van der Waals surface area contributed by atoms with Crippen molar-refractivity contribution in [3.8, 4) is 0 Å². The van der Waals surface area contributed by atoms with Crippen LogP contribution >= 0.6 is 0 Å². The first kappa shape index (κ1) is 14.0. The van der Waals surface area contributed by atoms with Gasteiger partial charge in [-0.3, -0.25) is 0 Å². The van der Waals surface area contributed by atoms with Gasteiger partial charge in [-0.15, -0.1) is 0 Å². The number of pyridine rings is 1. The summed E-state index contributed by atoms with van der Waals surface area (Å²) in [6.07, 6.45) is 2.84. The molecule has 0 unspecified atom stereocenters. The lowest BCUT2D eigenvalue weighted by Crippen LogP contribution is -2.30. The lowest BCUT2D eigenvalue weighted by atomic mass is 9.96. The van der Waals surface area contributed by atoms with Crippen molar-refractivity contribution in [3.05, 3.63) is 23.4 Å². The van der Waals surface area contributed by atoms with Crippen molar-refractivity contribution in [2.75, 3.05) is 25.0 Å². The van der Waals surface area contributed by atoms with Crippen molar-refractivity contribution < 1.29 is 0 Å². The monoisotopic (exact) mass is 235 g/mol. The molecule has 0 aromatic carbocycles. The number of rotatable bonds is 4. The second-order valence-corrected chi connectivity index (χ2v) is 5.94. The molecule has 0 aliphatic heterocycles. The summed E-state index contributed by atoms with van der Waals surface area (Å²) in [5.41, 5.74) is 8.28. The standard InChI is InChI=1S/C14H25N3/c1-11-8-12(6-7-15)9-16-13(11)17(5)10-14(2,3)4/h8-9H,6-7,10,15H2,1-5H3. The van der Waals surface area contributed by atoms with E-state index in [0.717, 1.165) is 18.8 Å². The Morgan fingerprint density at radius 2 is 2.00 bits per heavy atom. The first-order valence-corrected chi connectivity index (χ1v) is 6.20. The van der Waals surface area contributed by atoms with E-state index in [1.165, 1.54) is 11.1 Å². The summed E-state index contributed by atoms with van der Waals surface area (Å²) in [5.74, 6) is 1.07. The van der Waals surface area contributed by atoms with Crippen molar-refractivity contribution in [1.29, 1.82) is 0 Å². The molecule has 0 aliphatic rings. The fourth-order valence-electron chi connectivity index (χ4n) is 2.12. The van der Waals surface area contributed by atoms with Crippen LogP contribution in [0.2, 0.25) is 0 Å². The number of nitrogens with two attached hydrogens (primary N) is 1. The molecule has 3 heteroatoms. The largest absolute Gasteiger partial charge is 0.359 e. The van der Waals surface area contributed by atoms with Crippen LogP contribution < -0.4 is 10.6 Å². The molecule has 96 valence electrons. The Kier molecular flexibility index (Phi) is 4.52. The number of aromatic nitrogens is 1. The lowest BCUT2D eigenvalue weighted by Gasteiger charge is -2.28. The highest BCUT2D eigenvalue weighted by Gasteiger charge is 2.16. The Hall–Kier alpha value is -1.09. The predicted molar refractivity (Wildman–Crippen MR) is 74.5 cm³/mol. The van der Waals surface area contributed by atoms with Gasteiger partial charge in [0, 0.05) is 19.8 Å². The molecule has 0 radical (unpaired) electrons. The van der Waals surface area contributed by atoms with Crippen LogP contribution in [0.4, 0.5) is 5.82 Å². The molecule has 1 aromatic heterocycles. The Labute approximate surface area is 105 Å². The molecule has 3 nitrogen and oxygen atoms in total. The maximum atomic E-state index is 5.55. The molecule has 0 atom stereocenters. The molecular weight excluding hydrogens is 210 g/mol. The molecule has 0 aliphatic carbocycles. The summed E-state index contributed by atoms with van der Waals surface area (Å²) in [6, 6.07) is 2.19. The lowest BCUT2D eigenvalue weighted by molar-refractivity contribution is 0.417. The second-order valence-electron chi connectivity index (χ2n) is 5.94. The van der Waals surface area contributed by atoms with Crippen LogP contribution in [-0.2, 0) is 6.42 Å². The van der Waals surface area contributed by atoms with E-state index in [1.807, 2.05) is 6.20 Å². The van der Waals surface area contributed by atoms with Gasteiger partial charge in [0.05, 0.1) is 0 Å². The molecule has 0 bridgehead atoms. The fraction of sp³-hybridized carbons (Fsp3) is 0.643. The van der Waals surface area contributed by atoms with Gasteiger partial charge in [-0.2, -0.15) is 0 Å². The summed E-state index contributed by atoms with van der Waals surface area (Å²) < 4.78 is 0. The van der Waals surface area contributed by atoms with E-state index in [9.17, 15) is 0 Å². The Balaban J connectivity index is 2.84. The van der Waals surface area contributed by atoms with Crippen LogP contribution in [0.5, 0.6) is 0 Å². The Bertz CT molecular complexity index is 366. The number of nitrogens with zero attached hydrogens (tertiary/aromatic N) is 2. The van der Waals surface area contributed by atoms with Crippen molar-refractivity contribution in [2.24, 2.45) is 11.1 Å². The van der Waals surface area contributed by atoms with Gasteiger partial charge < -0.3 is 10.6 Å². The zero-order valence-corrected chi connectivity index (χ0v) is 11.7. The van der Waals surface area contributed by atoms with Gasteiger partial charge in [0.1, 0.15) is 5.82 Å². The summed E-state index contributed by atoms with van der Waals surface area (Å²) in [5, 5.41) is 0. The van der Waals surface area contributed by atoms with E-state index in [2.05, 4.69) is 50.7 Å². The van der Waals surface area contributed by atoms with Crippen molar-refractivity contribution in [3.63, 3.8) is 0 Å². The van der Waals surface area contributed by atoms with Gasteiger partial charge in [0.15, 0.2) is 0 Å². The average molecular weight is 235 g/mol. The summed E-state index contributed by atoms with van der Waals surface area (Å²) in [7, 11) is 2.10. The molecule has 1 rings (SSSR count). The first-order chi connectivity index (χ1) is 7.83. The minimum absolute atomic E-state index is 0.277. The minimum atomic E-state index is 0.277. The maximum Gasteiger partial charge on any atom is 0.131 e. The highest BCUT2D eigenvalue weighted by atomic mass is 15.2. The molecule has 0 saturated carbocycles. The smallest absolute Gasteiger partial charge is 0.131 e. The van der Waals surface area contributed by atoms with E-state index >= 15 is 0 Å². The van der Waals surface area contributed by atoms with Gasteiger partial charge in [0.25, 0.3) is 0 Å². The Morgan fingerprint density at radius 1 is 1.35 bits per heavy atom. The van der Waals surface area contributed by atoms with E-state index < -0.39 is 0 Å². The van der Waals surface area contributed by atoms with E-state index in [4.69, 9.17) is 5.73 Å². The quantitative estimate of drug-likeness (QED) is 0.871. The van der Waals surface area contributed by atoms with Crippen LogP contribution in [0.1, 0.15) is 31.9 Å². The molecule has 2 N–H and O–H groups in total. The van der Waals surface area contributed by atoms with Crippen LogP contribution in [0.15, 0.2) is 12.3 Å². The third-order valence-corrected chi connectivity index (χ3v) is 2.61. The van der Waals surface area contributed by atoms with Gasteiger partial charge in [-0.25, -0.2) is 4.98 Å². The van der Waals surface area contributed by atoms with Gasteiger partial charge in [-0.1, -0.05) is 26.8 Å². The molecule has 0 spiro atoms. The predicted octanol–water partition coefficient (Wildman–Crippen LogP) is 2.37. The van der Waals surface area contributed by atoms with Crippen LogP contribution in [0, 0.1) is 12.3 Å². The average Bonchev–Trinajstić information content (AvgIpc) is 2.15. The van der Waals surface area contributed by atoms with Gasteiger partial charge in [-0.05, 0) is 36.4 Å². The van der Waals surface area contributed by atoms with Crippen molar-refractivity contribution in [2.45, 2.75) is 34.1 Å². The highest BCUT2D eigenvalue weighted by molar-refractivity contribution is 5.46. The fourth-order valence-corrected chi connectivity index (χ4v) is 2.12. The minimum Gasteiger partial charge on any atom is -0.359 e. The topological polar surface area (TPSA) is 42.1 Å². The third-order valence-electron chi connectivity index (χ3n) is 2.61. The summed E-state index contributed by atoms with van der Waals surface area (Å²) in [6.45, 7) is 10.5. The normalized spacial score (nSPS) is 11.6. The highest BCUT2D eigenvalue weighted by Crippen LogP contribution is 2.22. The maximum absolute atomic E-state index is 5.55. The molecular formula is C14H25N3. The van der Waals surface area contributed by atoms with Gasteiger partial charge in [0.2, 0.25) is 0 Å². The number of aryl methyl sites for hydroxylation is 1. The molecule has 0 fully saturated rings. The van der Waals surface area contributed by atoms with E-state index in [1.54, 1.807) is 0 Å². The number of anilines is 1. The van der Waals surface area contributed by atoms with E-state index in [0.29, 0.717) is 6.54 Å². The second kappa shape index (κ2) is 5.50. The SMILES string of the molecule is Cc1cc(CCN)cnc1N(C)CC(C)(C)C. The zero-order chi connectivity index (χ0) is 13.1. The Morgan fingerprint density at radius 3 is 2.47 bits per heavy atom. The van der Waals surface area contributed by atoms with Crippen molar-refractivity contribution in [1.82, 2.24) is 4.98 Å². The van der Waals surface area contributed by atoms with Crippen LogP contribution in [0.3, 0.4) is 0 Å². The molecule has 1 heterocycles. The first-order valence-electron chi connectivity index (χ1n) is 6.20. The van der Waals surface area contributed by atoms with Crippen molar-refractivity contribution >= 4 is 5.82 Å². The third kappa shape index (κ3) is 4.35. The molecule has 1 aromatic rings. The molecule has 0 saturated heterocycles. The molecule has 17 heavy (non-hydrogen) atoms. The van der Waals surface area contributed by atoms with Gasteiger partial charge >= 0.3 is 0 Å².